The Hall–Kier alpha value is -1.25. The van der Waals surface area contributed by atoms with Gasteiger partial charge in [-0.05, 0) is 25.8 Å². The zero-order valence-corrected chi connectivity index (χ0v) is 13.6. The van der Waals surface area contributed by atoms with Crippen molar-refractivity contribution in [2.24, 2.45) is 0 Å². The largest absolute Gasteiger partial charge is 0.371 e. The first-order valence-corrected chi connectivity index (χ1v) is 9.29. The van der Waals surface area contributed by atoms with Gasteiger partial charge in [-0.1, -0.05) is 0 Å². The molecule has 22 heavy (non-hydrogen) atoms. The van der Waals surface area contributed by atoms with Gasteiger partial charge in [-0.3, -0.25) is 0 Å². The fourth-order valence-electron chi connectivity index (χ4n) is 3.13. The van der Waals surface area contributed by atoms with Gasteiger partial charge < -0.3 is 9.64 Å². The van der Waals surface area contributed by atoms with E-state index in [1.165, 1.54) is 0 Å². The number of anilines is 1. The van der Waals surface area contributed by atoms with E-state index in [0.29, 0.717) is 25.6 Å². The molecule has 3 rings (SSSR count). The van der Waals surface area contributed by atoms with E-state index in [2.05, 4.69) is 14.9 Å². The van der Waals surface area contributed by atoms with E-state index in [0.717, 1.165) is 25.9 Å². The molecule has 0 aliphatic carbocycles. The topological polar surface area (TPSA) is 75.6 Å². The van der Waals surface area contributed by atoms with E-state index >= 15 is 0 Å². The van der Waals surface area contributed by atoms with Crippen LogP contribution in [0.2, 0.25) is 0 Å². The van der Waals surface area contributed by atoms with Crippen molar-refractivity contribution in [3.05, 3.63) is 18.5 Å². The second kappa shape index (κ2) is 6.10. The lowest BCUT2D eigenvalue weighted by molar-refractivity contribution is -0.0828. The molecule has 0 N–H and O–H groups in total. The van der Waals surface area contributed by atoms with Crippen LogP contribution >= 0.6 is 0 Å². The molecule has 0 amide bonds. The number of rotatable bonds is 3. The normalized spacial score (nSPS) is 22.9. The number of hydrogen-bond donors (Lipinski definition) is 0. The Morgan fingerprint density at radius 3 is 2.55 bits per heavy atom. The van der Waals surface area contributed by atoms with E-state index in [-0.39, 0.29) is 11.4 Å². The fraction of sp³-hybridized carbons (Fsp3) is 0.714. The van der Waals surface area contributed by atoms with Gasteiger partial charge in [0.1, 0.15) is 0 Å². The number of morpholine rings is 1. The molecule has 122 valence electrons. The molecule has 0 aromatic carbocycles. The lowest BCUT2D eigenvalue weighted by atomic mass is 9.90. The third-order valence-corrected chi connectivity index (χ3v) is 6.36. The second-order valence-electron chi connectivity index (χ2n) is 5.80. The molecule has 2 aliphatic heterocycles. The van der Waals surface area contributed by atoms with Gasteiger partial charge in [0.25, 0.3) is 0 Å². The van der Waals surface area contributed by atoms with Crippen LogP contribution in [0.1, 0.15) is 19.8 Å². The van der Waals surface area contributed by atoms with Crippen molar-refractivity contribution in [1.29, 1.82) is 0 Å². The zero-order valence-electron chi connectivity index (χ0n) is 12.8. The Morgan fingerprint density at radius 1 is 1.23 bits per heavy atom. The minimum Gasteiger partial charge on any atom is -0.371 e. The van der Waals surface area contributed by atoms with Gasteiger partial charge in [-0.2, -0.15) is 0 Å². The van der Waals surface area contributed by atoms with E-state index in [4.69, 9.17) is 4.74 Å². The Labute approximate surface area is 131 Å². The molecule has 8 heteroatoms. The average molecular weight is 326 g/mol. The predicted molar refractivity (Wildman–Crippen MR) is 83.2 cm³/mol. The van der Waals surface area contributed by atoms with Gasteiger partial charge in [0, 0.05) is 32.0 Å². The van der Waals surface area contributed by atoms with Crippen LogP contribution in [0.4, 0.5) is 5.95 Å². The molecule has 2 saturated heterocycles. The van der Waals surface area contributed by atoms with E-state index in [1.807, 2.05) is 0 Å². The smallest absolute Gasteiger partial charge is 0.225 e. The Balaban J connectivity index is 1.68. The number of aromatic nitrogens is 2. The molecular formula is C14H22N4O3S. The molecule has 0 saturated carbocycles. The lowest BCUT2D eigenvalue weighted by Crippen LogP contribution is -2.58. The molecule has 2 aliphatic rings. The predicted octanol–water partition coefficient (Wildman–Crippen LogP) is 0.498. The Kier molecular flexibility index (Phi) is 4.33. The van der Waals surface area contributed by atoms with Crippen molar-refractivity contribution < 1.29 is 13.2 Å². The number of sulfonamides is 1. The molecule has 1 spiro atoms. The SMILES string of the molecule is CCS(=O)(=O)N1CCC2(CC1)CN(c1ncccn1)CCO2. The standard InChI is InChI=1S/C14H22N4O3S/c1-2-22(19,20)18-8-4-14(5-9-18)12-17(10-11-21-14)13-15-6-3-7-16-13/h3,6-7H,2,4-5,8-12H2,1H3. The maximum Gasteiger partial charge on any atom is 0.225 e. The van der Waals surface area contributed by atoms with E-state index in [1.54, 1.807) is 29.7 Å². The van der Waals surface area contributed by atoms with Gasteiger partial charge in [0.15, 0.2) is 0 Å². The molecule has 3 heterocycles. The van der Waals surface area contributed by atoms with Gasteiger partial charge in [-0.25, -0.2) is 22.7 Å². The van der Waals surface area contributed by atoms with Crippen LogP contribution < -0.4 is 4.90 Å². The maximum atomic E-state index is 12.0. The zero-order chi connectivity index (χ0) is 15.6. The average Bonchev–Trinajstić information content (AvgIpc) is 2.56. The maximum absolute atomic E-state index is 12.0. The lowest BCUT2D eigenvalue weighted by Gasteiger charge is -2.46. The third kappa shape index (κ3) is 3.09. The van der Waals surface area contributed by atoms with Gasteiger partial charge >= 0.3 is 0 Å². The highest BCUT2D eigenvalue weighted by molar-refractivity contribution is 7.89. The van der Waals surface area contributed by atoms with Crippen molar-refractivity contribution in [3.8, 4) is 0 Å². The molecule has 1 aromatic heterocycles. The summed E-state index contributed by atoms with van der Waals surface area (Å²) >= 11 is 0. The van der Waals surface area contributed by atoms with Crippen molar-refractivity contribution in [3.63, 3.8) is 0 Å². The van der Waals surface area contributed by atoms with Gasteiger partial charge in [0.05, 0.1) is 24.5 Å². The first-order valence-electron chi connectivity index (χ1n) is 7.68. The molecule has 2 fully saturated rings. The summed E-state index contributed by atoms with van der Waals surface area (Å²) in [7, 11) is -3.10. The summed E-state index contributed by atoms with van der Waals surface area (Å²) in [5.41, 5.74) is -0.281. The van der Waals surface area contributed by atoms with Crippen molar-refractivity contribution in [2.75, 3.05) is 43.4 Å². The quantitative estimate of drug-likeness (QED) is 0.805. The van der Waals surface area contributed by atoms with Crippen molar-refractivity contribution >= 4 is 16.0 Å². The summed E-state index contributed by atoms with van der Waals surface area (Å²) in [5, 5.41) is 0. The molecule has 0 unspecified atom stereocenters. The van der Waals surface area contributed by atoms with Crippen LogP contribution in [-0.4, -0.2) is 66.8 Å². The van der Waals surface area contributed by atoms with Gasteiger partial charge in [-0.15, -0.1) is 0 Å². The highest BCUT2D eigenvalue weighted by atomic mass is 32.2. The molecule has 0 radical (unpaired) electrons. The van der Waals surface area contributed by atoms with Crippen LogP contribution in [0, 0.1) is 0 Å². The molecule has 7 nitrogen and oxygen atoms in total. The minimum absolute atomic E-state index is 0.158. The first-order chi connectivity index (χ1) is 10.5. The summed E-state index contributed by atoms with van der Waals surface area (Å²) in [6, 6.07) is 1.80. The van der Waals surface area contributed by atoms with Crippen LogP contribution in [0.5, 0.6) is 0 Å². The molecule has 0 bridgehead atoms. The number of ether oxygens (including phenoxy) is 1. The second-order valence-corrected chi connectivity index (χ2v) is 8.06. The van der Waals surface area contributed by atoms with Crippen LogP contribution in [0.25, 0.3) is 0 Å². The van der Waals surface area contributed by atoms with E-state index in [9.17, 15) is 8.42 Å². The highest BCUT2D eigenvalue weighted by Crippen LogP contribution is 2.32. The van der Waals surface area contributed by atoms with Crippen LogP contribution in [-0.2, 0) is 14.8 Å². The monoisotopic (exact) mass is 326 g/mol. The summed E-state index contributed by atoms with van der Waals surface area (Å²) in [4.78, 5) is 10.7. The summed E-state index contributed by atoms with van der Waals surface area (Å²) in [6.07, 6.45) is 4.91. The third-order valence-electron chi connectivity index (χ3n) is 4.48. The molecule has 1 aromatic rings. The van der Waals surface area contributed by atoms with Gasteiger partial charge in [0.2, 0.25) is 16.0 Å². The first kappa shape index (κ1) is 15.6. The number of nitrogens with zero attached hydrogens (tertiary/aromatic N) is 4. The van der Waals surface area contributed by atoms with E-state index < -0.39 is 10.0 Å². The number of hydrogen-bond acceptors (Lipinski definition) is 6. The minimum atomic E-state index is -3.10. The summed E-state index contributed by atoms with van der Waals surface area (Å²) in [6.45, 7) is 4.85. The highest BCUT2D eigenvalue weighted by Gasteiger charge is 2.42. The summed E-state index contributed by atoms with van der Waals surface area (Å²) < 4.78 is 31.5. The Bertz CT molecular complexity index is 600. The number of piperidine rings is 1. The van der Waals surface area contributed by atoms with Crippen molar-refractivity contribution in [2.45, 2.75) is 25.4 Å². The fourth-order valence-corrected chi connectivity index (χ4v) is 4.23. The Morgan fingerprint density at radius 2 is 1.91 bits per heavy atom. The van der Waals surface area contributed by atoms with Crippen LogP contribution in [0.15, 0.2) is 18.5 Å². The summed E-state index contributed by atoms with van der Waals surface area (Å²) in [5.74, 6) is 0.874. The van der Waals surface area contributed by atoms with Crippen molar-refractivity contribution in [1.82, 2.24) is 14.3 Å². The molecular weight excluding hydrogens is 304 g/mol. The molecule has 0 atom stereocenters. The van der Waals surface area contributed by atoms with Crippen LogP contribution in [0.3, 0.4) is 0 Å².